The molecular weight excluding hydrogens is 129 g/mol. The van der Waals surface area contributed by atoms with Gasteiger partial charge in [-0.05, 0) is 24.5 Å². The fourth-order valence-corrected chi connectivity index (χ4v) is 0.818. The Kier molecular flexibility index (Phi) is 2.00. The lowest BCUT2D eigenvalue weighted by molar-refractivity contribution is 0.662. The van der Waals surface area contributed by atoms with Crippen LogP contribution in [0.2, 0.25) is 0 Å². The van der Waals surface area contributed by atoms with Crippen molar-refractivity contribution in [1.82, 2.24) is 0 Å². The predicted molar refractivity (Wildman–Crippen MR) is 39.8 cm³/mol. The number of hydrogen-bond acceptors (Lipinski definition) is 1. The van der Waals surface area contributed by atoms with Gasteiger partial charge in [0.25, 0.3) is 0 Å². The maximum Gasteiger partial charge on any atom is 0.144 e. The second-order valence-electron chi connectivity index (χ2n) is 2.54. The van der Waals surface area contributed by atoms with Crippen molar-refractivity contribution in [2.45, 2.75) is 13.3 Å². The summed E-state index contributed by atoms with van der Waals surface area (Å²) in [4.78, 5) is 0. The highest BCUT2D eigenvalue weighted by molar-refractivity contribution is 6.04. The predicted octanol–water partition coefficient (Wildman–Crippen LogP) is 2.46. The molecule has 1 nitrogen and oxygen atoms in total. The van der Waals surface area contributed by atoms with Gasteiger partial charge in [0, 0.05) is 0 Å². The Labute approximate surface area is 59.8 Å². The molecule has 54 valence electrons. The van der Waals surface area contributed by atoms with Crippen LogP contribution in [-0.4, -0.2) is 5.71 Å². The van der Waals surface area contributed by atoms with Gasteiger partial charge in [-0.1, -0.05) is 13.0 Å². The molecule has 0 bridgehead atoms. The van der Waals surface area contributed by atoms with E-state index >= 15 is 0 Å². The molecule has 0 spiro atoms. The summed E-state index contributed by atoms with van der Waals surface area (Å²) in [6.07, 6.45) is 5.53. The van der Waals surface area contributed by atoms with E-state index in [0.29, 0.717) is 12.3 Å². The van der Waals surface area contributed by atoms with Crippen molar-refractivity contribution in [3.63, 3.8) is 0 Å². The molecule has 1 aliphatic carbocycles. The normalized spacial score (nSPS) is 26.0. The first kappa shape index (κ1) is 7.19. The van der Waals surface area contributed by atoms with Gasteiger partial charge in [0.05, 0.1) is 5.71 Å². The Morgan fingerprint density at radius 2 is 2.40 bits per heavy atom. The number of halogens is 1. The molecule has 0 radical (unpaired) electrons. The minimum Gasteiger partial charge on any atom is -0.298 e. The molecular formula is C8H10FN. The first-order valence-corrected chi connectivity index (χ1v) is 3.33. The number of nitrogens with one attached hydrogen (secondary N) is 1. The van der Waals surface area contributed by atoms with Crippen LogP contribution < -0.4 is 0 Å². The number of hydrogen-bond donors (Lipinski definition) is 1. The van der Waals surface area contributed by atoms with Crippen LogP contribution in [0.3, 0.4) is 0 Å². The Morgan fingerprint density at radius 1 is 1.70 bits per heavy atom. The second kappa shape index (κ2) is 2.78. The van der Waals surface area contributed by atoms with Gasteiger partial charge in [-0.2, -0.15) is 0 Å². The van der Waals surface area contributed by atoms with Crippen LogP contribution in [0.4, 0.5) is 4.39 Å². The summed E-state index contributed by atoms with van der Waals surface area (Å²) >= 11 is 0. The SMILES string of the molecule is CC1C=CC(=N)C(F)=CC1. The largest absolute Gasteiger partial charge is 0.298 e. The molecule has 0 aromatic rings. The zero-order valence-electron chi connectivity index (χ0n) is 5.89. The minimum atomic E-state index is -0.402. The summed E-state index contributed by atoms with van der Waals surface area (Å²) in [5.41, 5.74) is -0.00986. The molecule has 1 unspecified atom stereocenters. The molecule has 0 aliphatic heterocycles. The van der Waals surface area contributed by atoms with Gasteiger partial charge in [-0.25, -0.2) is 4.39 Å². The van der Waals surface area contributed by atoms with Gasteiger partial charge in [-0.15, -0.1) is 0 Å². The van der Waals surface area contributed by atoms with Gasteiger partial charge in [0.15, 0.2) is 0 Å². The van der Waals surface area contributed by atoms with Gasteiger partial charge >= 0.3 is 0 Å². The van der Waals surface area contributed by atoms with E-state index in [1.165, 1.54) is 12.2 Å². The Bertz CT molecular complexity index is 203. The average Bonchev–Trinajstić information content (AvgIpc) is 2.04. The third-order valence-electron chi connectivity index (χ3n) is 1.52. The minimum absolute atomic E-state index is 0.00986. The molecule has 0 aromatic heterocycles. The van der Waals surface area contributed by atoms with Crippen LogP contribution in [0.1, 0.15) is 13.3 Å². The van der Waals surface area contributed by atoms with Crippen LogP contribution >= 0.6 is 0 Å². The lowest BCUT2D eigenvalue weighted by Gasteiger charge is -1.95. The van der Waals surface area contributed by atoms with E-state index in [1.54, 1.807) is 0 Å². The fraction of sp³-hybridized carbons (Fsp3) is 0.375. The molecule has 2 heteroatoms. The number of allylic oxidation sites excluding steroid dienone is 4. The summed E-state index contributed by atoms with van der Waals surface area (Å²) in [6, 6.07) is 0. The van der Waals surface area contributed by atoms with Gasteiger partial charge in [-0.3, -0.25) is 5.41 Å². The summed E-state index contributed by atoms with van der Waals surface area (Å²) < 4.78 is 12.6. The maximum atomic E-state index is 12.6. The molecule has 0 saturated heterocycles. The molecule has 0 aromatic carbocycles. The monoisotopic (exact) mass is 139 g/mol. The van der Waals surface area contributed by atoms with Crippen molar-refractivity contribution < 1.29 is 4.39 Å². The van der Waals surface area contributed by atoms with Crippen LogP contribution in [0.15, 0.2) is 24.1 Å². The lowest BCUT2D eigenvalue weighted by atomic mass is 10.1. The molecule has 1 aliphatic rings. The van der Waals surface area contributed by atoms with E-state index in [1.807, 2.05) is 13.0 Å². The molecule has 10 heavy (non-hydrogen) atoms. The van der Waals surface area contributed by atoms with Gasteiger partial charge in [0.2, 0.25) is 0 Å². The van der Waals surface area contributed by atoms with E-state index in [4.69, 9.17) is 5.41 Å². The van der Waals surface area contributed by atoms with Crippen LogP contribution in [0.5, 0.6) is 0 Å². The van der Waals surface area contributed by atoms with E-state index in [-0.39, 0.29) is 5.71 Å². The van der Waals surface area contributed by atoms with Crippen LogP contribution in [0.25, 0.3) is 0 Å². The second-order valence-corrected chi connectivity index (χ2v) is 2.54. The highest BCUT2D eigenvalue weighted by Crippen LogP contribution is 2.13. The standard InChI is InChI=1S/C8H10FN/c1-6-2-4-7(9)8(10)5-3-6/h3-6,10H,2H2,1H3. The van der Waals surface area contributed by atoms with Crippen molar-refractivity contribution in [1.29, 1.82) is 5.41 Å². The summed E-state index contributed by atoms with van der Waals surface area (Å²) in [6.45, 7) is 2.00. The lowest BCUT2D eigenvalue weighted by Crippen LogP contribution is -1.88. The van der Waals surface area contributed by atoms with Crippen molar-refractivity contribution in [2.24, 2.45) is 5.92 Å². The van der Waals surface area contributed by atoms with Crippen LogP contribution in [-0.2, 0) is 0 Å². The molecule has 1 atom stereocenters. The molecule has 1 N–H and O–H groups in total. The third kappa shape index (κ3) is 1.53. The van der Waals surface area contributed by atoms with Gasteiger partial charge < -0.3 is 0 Å². The Balaban J connectivity index is 2.81. The van der Waals surface area contributed by atoms with E-state index in [0.717, 1.165) is 0 Å². The summed E-state index contributed by atoms with van der Waals surface area (Å²) in [5, 5.41) is 7.09. The molecule has 0 fully saturated rings. The van der Waals surface area contributed by atoms with Gasteiger partial charge in [0.1, 0.15) is 5.83 Å². The Morgan fingerprint density at radius 3 is 3.10 bits per heavy atom. The van der Waals surface area contributed by atoms with E-state index < -0.39 is 5.83 Å². The zero-order chi connectivity index (χ0) is 7.56. The van der Waals surface area contributed by atoms with Crippen molar-refractivity contribution >= 4 is 5.71 Å². The highest BCUT2D eigenvalue weighted by atomic mass is 19.1. The van der Waals surface area contributed by atoms with E-state index in [9.17, 15) is 4.39 Å². The molecule has 0 saturated carbocycles. The van der Waals surface area contributed by atoms with E-state index in [2.05, 4.69) is 0 Å². The molecule has 0 amide bonds. The van der Waals surface area contributed by atoms with Crippen molar-refractivity contribution in [3.8, 4) is 0 Å². The smallest absolute Gasteiger partial charge is 0.144 e. The summed E-state index contributed by atoms with van der Waals surface area (Å²) in [5.74, 6) is -0.0470. The average molecular weight is 139 g/mol. The Hall–Kier alpha value is -0.920. The highest BCUT2D eigenvalue weighted by Gasteiger charge is 2.05. The number of rotatable bonds is 0. The van der Waals surface area contributed by atoms with Crippen molar-refractivity contribution in [3.05, 3.63) is 24.1 Å². The molecule has 0 heterocycles. The summed E-state index contributed by atoms with van der Waals surface area (Å²) in [7, 11) is 0. The van der Waals surface area contributed by atoms with Crippen LogP contribution in [0, 0.1) is 11.3 Å². The topological polar surface area (TPSA) is 23.9 Å². The van der Waals surface area contributed by atoms with Crippen molar-refractivity contribution in [2.75, 3.05) is 0 Å². The quantitative estimate of drug-likeness (QED) is 0.533. The first-order valence-electron chi connectivity index (χ1n) is 3.33. The molecule has 1 rings (SSSR count). The third-order valence-corrected chi connectivity index (χ3v) is 1.52. The zero-order valence-corrected chi connectivity index (χ0v) is 5.89. The maximum absolute atomic E-state index is 12.6. The first-order chi connectivity index (χ1) is 4.70. The fourth-order valence-electron chi connectivity index (χ4n) is 0.818.